The maximum absolute atomic E-state index is 12.8. The molecule has 1 unspecified atom stereocenters. The summed E-state index contributed by atoms with van der Waals surface area (Å²) in [4.78, 5) is 12.8. The molecule has 0 fully saturated rings. The quantitative estimate of drug-likeness (QED) is 0.691. The van der Waals surface area contributed by atoms with Gasteiger partial charge in [0.2, 0.25) is 0 Å². The van der Waals surface area contributed by atoms with Crippen LogP contribution in [0.25, 0.3) is 0 Å². The van der Waals surface area contributed by atoms with Gasteiger partial charge in [0.25, 0.3) is 0 Å². The van der Waals surface area contributed by atoms with Crippen molar-refractivity contribution in [3.05, 3.63) is 63.6 Å². The highest BCUT2D eigenvalue weighted by molar-refractivity contribution is 6.37. The third kappa shape index (κ3) is 3.39. The molecule has 110 valence electrons. The Labute approximate surface area is 134 Å². The monoisotopic (exact) mass is 322 g/mol. The summed E-state index contributed by atoms with van der Waals surface area (Å²) in [5.74, 6) is 0.200. The van der Waals surface area contributed by atoms with Crippen LogP contribution < -0.4 is 4.74 Å². The van der Waals surface area contributed by atoms with Crippen molar-refractivity contribution in [2.24, 2.45) is 0 Å². The average molecular weight is 323 g/mol. The smallest absolute Gasteiger partial charge is 0.171 e. The van der Waals surface area contributed by atoms with Gasteiger partial charge in [0, 0.05) is 11.5 Å². The van der Waals surface area contributed by atoms with E-state index in [0.29, 0.717) is 27.8 Å². The highest BCUT2D eigenvalue weighted by Crippen LogP contribution is 2.34. The summed E-state index contributed by atoms with van der Waals surface area (Å²) < 4.78 is 5.17. The molecule has 0 heterocycles. The van der Waals surface area contributed by atoms with Crippen LogP contribution in [0.15, 0.2) is 42.5 Å². The van der Waals surface area contributed by atoms with Crippen LogP contribution in [0.2, 0.25) is 10.0 Å². The number of benzene rings is 2. The molecule has 0 spiro atoms. The van der Waals surface area contributed by atoms with Crippen LogP contribution in [-0.2, 0) is 0 Å². The Morgan fingerprint density at radius 2 is 1.81 bits per heavy atom. The van der Waals surface area contributed by atoms with Gasteiger partial charge in [-0.05, 0) is 24.1 Å². The summed E-state index contributed by atoms with van der Waals surface area (Å²) in [5.41, 5.74) is 1.42. The van der Waals surface area contributed by atoms with E-state index < -0.39 is 0 Å². The number of ketones is 1. The second kappa shape index (κ2) is 6.97. The Kier molecular flexibility index (Phi) is 5.27. The molecule has 2 rings (SSSR count). The van der Waals surface area contributed by atoms with Crippen molar-refractivity contribution in [3.8, 4) is 5.75 Å². The van der Waals surface area contributed by atoms with Crippen LogP contribution in [0.4, 0.5) is 0 Å². The number of hydrogen-bond acceptors (Lipinski definition) is 2. The van der Waals surface area contributed by atoms with Crippen molar-refractivity contribution in [1.82, 2.24) is 0 Å². The molecule has 2 aromatic rings. The number of rotatable bonds is 5. The number of carbonyl (C=O) groups is 1. The van der Waals surface area contributed by atoms with Gasteiger partial charge in [0.15, 0.2) is 5.78 Å². The summed E-state index contributed by atoms with van der Waals surface area (Å²) in [6.07, 6.45) is 0.699. The van der Waals surface area contributed by atoms with Gasteiger partial charge >= 0.3 is 0 Å². The number of carbonyl (C=O) groups excluding carboxylic acids is 1. The van der Waals surface area contributed by atoms with E-state index in [2.05, 4.69) is 0 Å². The molecule has 0 aromatic heterocycles. The van der Waals surface area contributed by atoms with Crippen molar-refractivity contribution in [2.75, 3.05) is 7.11 Å². The fourth-order valence-electron chi connectivity index (χ4n) is 2.32. The van der Waals surface area contributed by atoms with Crippen LogP contribution in [0.5, 0.6) is 5.75 Å². The third-order valence-corrected chi connectivity index (χ3v) is 4.04. The van der Waals surface area contributed by atoms with Gasteiger partial charge in [-0.25, -0.2) is 0 Å². The van der Waals surface area contributed by atoms with Crippen LogP contribution in [0.1, 0.15) is 35.2 Å². The molecule has 0 aliphatic heterocycles. The zero-order valence-electron chi connectivity index (χ0n) is 11.9. The standard InChI is InChI=1S/C17H16Cl2O2/c1-3-12(11-7-5-4-6-8-11)17(20)13-9-16(21-2)15(19)10-14(13)18/h4-10,12H,3H2,1-2H3. The Morgan fingerprint density at radius 3 is 2.38 bits per heavy atom. The van der Waals surface area contributed by atoms with Crippen LogP contribution in [0.3, 0.4) is 0 Å². The number of halogens is 2. The van der Waals surface area contributed by atoms with Crippen molar-refractivity contribution in [3.63, 3.8) is 0 Å². The molecule has 2 nitrogen and oxygen atoms in total. The predicted molar refractivity (Wildman–Crippen MR) is 86.8 cm³/mol. The first-order valence-electron chi connectivity index (χ1n) is 6.70. The molecule has 0 aliphatic rings. The van der Waals surface area contributed by atoms with Gasteiger partial charge in [-0.2, -0.15) is 0 Å². The summed E-state index contributed by atoms with van der Waals surface area (Å²) in [5, 5.41) is 0.743. The van der Waals surface area contributed by atoms with E-state index in [1.165, 1.54) is 7.11 Å². The molecule has 21 heavy (non-hydrogen) atoms. The van der Waals surface area contributed by atoms with Crippen LogP contribution in [0, 0.1) is 0 Å². The Balaban J connectivity index is 2.43. The zero-order valence-corrected chi connectivity index (χ0v) is 13.4. The van der Waals surface area contributed by atoms with Crippen LogP contribution in [-0.4, -0.2) is 12.9 Å². The average Bonchev–Trinajstić information content (AvgIpc) is 2.49. The molecule has 1 atom stereocenters. The van der Waals surface area contributed by atoms with Gasteiger partial charge in [-0.3, -0.25) is 4.79 Å². The van der Waals surface area contributed by atoms with E-state index in [1.54, 1.807) is 12.1 Å². The summed E-state index contributed by atoms with van der Waals surface area (Å²) in [7, 11) is 1.51. The molecular formula is C17H16Cl2O2. The largest absolute Gasteiger partial charge is 0.495 e. The summed E-state index contributed by atoms with van der Waals surface area (Å²) in [6.45, 7) is 1.98. The van der Waals surface area contributed by atoms with Crippen molar-refractivity contribution in [2.45, 2.75) is 19.3 Å². The highest BCUT2D eigenvalue weighted by Gasteiger charge is 2.23. The van der Waals surface area contributed by atoms with Crippen molar-refractivity contribution >= 4 is 29.0 Å². The minimum absolute atomic E-state index is 0.0244. The van der Waals surface area contributed by atoms with Crippen molar-refractivity contribution < 1.29 is 9.53 Å². The van der Waals surface area contributed by atoms with Gasteiger partial charge in [-0.15, -0.1) is 0 Å². The maximum Gasteiger partial charge on any atom is 0.171 e. The molecule has 0 N–H and O–H groups in total. The van der Waals surface area contributed by atoms with E-state index in [1.807, 2.05) is 37.3 Å². The second-order valence-electron chi connectivity index (χ2n) is 4.70. The fraction of sp³-hybridized carbons (Fsp3) is 0.235. The molecule has 4 heteroatoms. The van der Waals surface area contributed by atoms with Gasteiger partial charge in [0.1, 0.15) is 5.75 Å². The van der Waals surface area contributed by atoms with E-state index in [-0.39, 0.29) is 11.7 Å². The van der Waals surface area contributed by atoms with E-state index >= 15 is 0 Å². The minimum atomic E-state index is -0.227. The van der Waals surface area contributed by atoms with Gasteiger partial charge in [0.05, 0.1) is 17.2 Å². The van der Waals surface area contributed by atoms with Crippen molar-refractivity contribution in [1.29, 1.82) is 0 Å². The zero-order chi connectivity index (χ0) is 15.4. The Hall–Kier alpha value is -1.51. The van der Waals surface area contributed by atoms with Crippen LogP contribution >= 0.6 is 23.2 Å². The summed E-state index contributed by atoms with van der Waals surface area (Å²) >= 11 is 12.2. The third-order valence-electron chi connectivity index (χ3n) is 3.43. The summed E-state index contributed by atoms with van der Waals surface area (Å²) in [6, 6.07) is 12.8. The Bertz CT molecular complexity index is 639. The molecule has 0 saturated carbocycles. The SMILES string of the molecule is CCC(C(=O)c1cc(OC)c(Cl)cc1Cl)c1ccccc1. The second-order valence-corrected chi connectivity index (χ2v) is 5.52. The molecule has 0 bridgehead atoms. The topological polar surface area (TPSA) is 26.3 Å². The number of hydrogen-bond donors (Lipinski definition) is 0. The molecule has 2 aromatic carbocycles. The first-order valence-corrected chi connectivity index (χ1v) is 7.46. The van der Waals surface area contributed by atoms with Gasteiger partial charge in [-0.1, -0.05) is 60.5 Å². The lowest BCUT2D eigenvalue weighted by Crippen LogP contribution is -2.13. The lowest BCUT2D eigenvalue weighted by Gasteiger charge is -2.16. The predicted octanol–water partition coefficient (Wildman–Crippen LogP) is 5.38. The van der Waals surface area contributed by atoms with E-state index in [4.69, 9.17) is 27.9 Å². The van der Waals surface area contributed by atoms with E-state index in [9.17, 15) is 4.79 Å². The Morgan fingerprint density at radius 1 is 1.14 bits per heavy atom. The number of methoxy groups -OCH3 is 1. The fourth-order valence-corrected chi connectivity index (χ4v) is 2.87. The molecule has 0 radical (unpaired) electrons. The molecule has 0 amide bonds. The lowest BCUT2D eigenvalue weighted by molar-refractivity contribution is 0.0957. The highest BCUT2D eigenvalue weighted by atomic mass is 35.5. The molecule has 0 aliphatic carbocycles. The lowest BCUT2D eigenvalue weighted by atomic mass is 9.88. The normalized spacial score (nSPS) is 12.0. The number of ether oxygens (including phenoxy) is 1. The molecule has 0 saturated heterocycles. The van der Waals surface area contributed by atoms with E-state index in [0.717, 1.165) is 5.56 Å². The minimum Gasteiger partial charge on any atom is -0.495 e. The maximum atomic E-state index is 12.8. The first kappa shape index (κ1) is 15.9. The number of Topliss-reactive ketones (excluding diaryl/α,β-unsaturated/α-hetero) is 1. The first-order chi connectivity index (χ1) is 10.1. The molecular weight excluding hydrogens is 307 g/mol. The van der Waals surface area contributed by atoms with Gasteiger partial charge < -0.3 is 4.74 Å².